The van der Waals surface area contributed by atoms with Crippen molar-refractivity contribution in [2.75, 3.05) is 40.3 Å². The summed E-state index contributed by atoms with van der Waals surface area (Å²) in [5.74, 6) is 0. The zero-order valence-electron chi connectivity index (χ0n) is 10.7. The van der Waals surface area contributed by atoms with Crippen molar-refractivity contribution in [1.82, 2.24) is 15.1 Å². The quantitative estimate of drug-likeness (QED) is 0.793. The lowest BCUT2D eigenvalue weighted by atomic mass is 10.2. The van der Waals surface area contributed by atoms with Crippen LogP contribution in [0.25, 0.3) is 0 Å². The molecule has 0 spiro atoms. The highest BCUT2D eigenvalue weighted by Crippen LogP contribution is 2.16. The van der Waals surface area contributed by atoms with Crippen molar-refractivity contribution in [2.24, 2.45) is 0 Å². The van der Waals surface area contributed by atoms with Crippen molar-refractivity contribution >= 4 is 0 Å². The molecule has 0 aromatic heterocycles. The fourth-order valence-corrected chi connectivity index (χ4v) is 2.14. The standard InChI is InChI=1S/C11H22F3N3/c1-9(6-15-8-11(12,13)14)17-5-4-10(7-17)16(2)3/h9-10,15H,4-8H2,1-3H3. The Morgan fingerprint density at radius 3 is 2.53 bits per heavy atom. The Morgan fingerprint density at radius 1 is 1.41 bits per heavy atom. The third kappa shape index (κ3) is 5.23. The Bertz CT molecular complexity index is 230. The summed E-state index contributed by atoms with van der Waals surface area (Å²) in [7, 11) is 4.08. The van der Waals surface area contributed by atoms with Crippen LogP contribution < -0.4 is 5.32 Å². The minimum atomic E-state index is -4.11. The molecule has 1 fully saturated rings. The van der Waals surface area contributed by atoms with E-state index in [1.165, 1.54) is 0 Å². The van der Waals surface area contributed by atoms with Gasteiger partial charge in [-0.15, -0.1) is 0 Å². The van der Waals surface area contributed by atoms with Crippen LogP contribution in [-0.2, 0) is 0 Å². The van der Waals surface area contributed by atoms with Gasteiger partial charge >= 0.3 is 6.18 Å². The van der Waals surface area contributed by atoms with E-state index in [0.29, 0.717) is 12.6 Å². The molecular weight excluding hydrogens is 231 g/mol. The molecule has 1 aliphatic rings. The monoisotopic (exact) mass is 253 g/mol. The summed E-state index contributed by atoms with van der Waals surface area (Å²) in [5.41, 5.74) is 0. The number of likely N-dealkylation sites (N-methyl/N-ethyl adjacent to an activating group) is 1. The molecule has 17 heavy (non-hydrogen) atoms. The molecule has 0 radical (unpaired) electrons. The van der Waals surface area contributed by atoms with Gasteiger partial charge in [0.2, 0.25) is 0 Å². The topological polar surface area (TPSA) is 18.5 Å². The molecule has 1 N–H and O–H groups in total. The summed E-state index contributed by atoms with van der Waals surface area (Å²) in [5, 5.41) is 2.47. The molecule has 0 aromatic carbocycles. The number of likely N-dealkylation sites (tertiary alicyclic amines) is 1. The van der Waals surface area contributed by atoms with Crippen LogP contribution in [0.1, 0.15) is 13.3 Å². The molecule has 6 heteroatoms. The van der Waals surface area contributed by atoms with E-state index in [4.69, 9.17) is 0 Å². The lowest BCUT2D eigenvalue weighted by Crippen LogP contribution is -2.43. The molecule has 1 saturated heterocycles. The lowest BCUT2D eigenvalue weighted by molar-refractivity contribution is -0.125. The number of nitrogens with one attached hydrogen (secondary N) is 1. The van der Waals surface area contributed by atoms with Gasteiger partial charge in [0, 0.05) is 31.7 Å². The number of rotatable bonds is 5. The van der Waals surface area contributed by atoms with Crippen LogP contribution in [0.5, 0.6) is 0 Å². The van der Waals surface area contributed by atoms with Crippen molar-refractivity contribution < 1.29 is 13.2 Å². The number of halogens is 3. The van der Waals surface area contributed by atoms with Crippen molar-refractivity contribution in [2.45, 2.75) is 31.6 Å². The number of nitrogens with zero attached hydrogens (tertiary/aromatic N) is 2. The highest BCUT2D eigenvalue weighted by Gasteiger charge is 2.29. The third-order valence-electron chi connectivity index (χ3n) is 3.31. The summed E-state index contributed by atoms with van der Waals surface area (Å²) < 4.78 is 35.9. The van der Waals surface area contributed by atoms with Gasteiger partial charge in [-0.3, -0.25) is 4.90 Å². The maximum absolute atomic E-state index is 12.0. The van der Waals surface area contributed by atoms with Crippen molar-refractivity contribution in [3.05, 3.63) is 0 Å². The van der Waals surface area contributed by atoms with Gasteiger partial charge in [0.15, 0.2) is 0 Å². The zero-order chi connectivity index (χ0) is 13.1. The Hall–Kier alpha value is -0.330. The summed E-state index contributed by atoms with van der Waals surface area (Å²) >= 11 is 0. The molecule has 0 bridgehead atoms. The average Bonchev–Trinajstić information content (AvgIpc) is 2.63. The van der Waals surface area contributed by atoms with Gasteiger partial charge in [-0.1, -0.05) is 0 Å². The first-order chi connectivity index (χ1) is 7.79. The molecule has 1 aliphatic heterocycles. The van der Waals surface area contributed by atoms with Gasteiger partial charge in [-0.05, 0) is 27.4 Å². The van der Waals surface area contributed by atoms with Gasteiger partial charge < -0.3 is 10.2 Å². The van der Waals surface area contributed by atoms with Gasteiger partial charge in [0.1, 0.15) is 0 Å². The van der Waals surface area contributed by atoms with Gasteiger partial charge in [-0.25, -0.2) is 0 Å². The highest BCUT2D eigenvalue weighted by molar-refractivity contribution is 4.84. The first-order valence-corrected chi connectivity index (χ1v) is 5.97. The molecule has 0 amide bonds. The van der Waals surface area contributed by atoms with Crippen molar-refractivity contribution in [3.8, 4) is 0 Å². The molecule has 3 nitrogen and oxygen atoms in total. The average molecular weight is 253 g/mol. The molecule has 1 rings (SSSR count). The van der Waals surface area contributed by atoms with Crippen LogP contribution in [0, 0.1) is 0 Å². The highest BCUT2D eigenvalue weighted by atomic mass is 19.4. The smallest absolute Gasteiger partial charge is 0.307 e. The molecule has 2 unspecified atom stereocenters. The Labute approximate surface area is 101 Å². The molecule has 0 saturated carbocycles. The molecule has 0 aromatic rings. The second kappa shape index (κ2) is 6.02. The maximum atomic E-state index is 12.0. The summed E-state index contributed by atoms with van der Waals surface area (Å²) in [6.07, 6.45) is -3.02. The summed E-state index contributed by atoms with van der Waals surface area (Å²) in [6, 6.07) is 0.683. The van der Waals surface area contributed by atoms with E-state index in [2.05, 4.69) is 15.1 Å². The van der Waals surface area contributed by atoms with Crippen LogP contribution in [0.4, 0.5) is 13.2 Å². The minimum absolute atomic E-state index is 0.155. The minimum Gasteiger partial charge on any atom is -0.307 e. The fourth-order valence-electron chi connectivity index (χ4n) is 2.14. The largest absolute Gasteiger partial charge is 0.401 e. The molecule has 1 heterocycles. The second-order valence-corrected chi connectivity index (χ2v) is 5.00. The van der Waals surface area contributed by atoms with E-state index < -0.39 is 12.7 Å². The van der Waals surface area contributed by atoms with E-state index >= 15 is 0 Å². The van der Waals surface area contributed by atoms with Gasteiger partial charge in [0.25, 0.3) is 0 Å². The Morgan fingerprint density at radius 2 is 2.06 bits per heavy atom. The number of hydrogen-bond acceptors (Lipinski definition) is 3. The first kappa shape index (κ1) is 14.7. The molecule has 102 valence electrons. The predicted octanol–water partition coefficient (Wildman–Crippen LogP) is 1.16. The normalized spacial score (nSPS) is 24.5. The van der Waals surface area contributed by atoms with E-state index in [1.54, 1.807) is 0 Å². The van der Waals surface area contributed by atoms with E-state index in [-0.39, 0.29) is 6.04 Å². The van der Waals surface area contributed by atoms with E-state index in [1.807, 2.05) is 21.0 Å². The van der Waals surface area contributed by atoms with Gasteiger partial charge in [-0.2, -0.15) is 13.2 Å². The van der Waals surface area contributed by atoms with Crippen LogP contribution in [0.3, 0.4) is 0 Å². The number of hydrogen-bond donors (Lipinski definition) is 1. The maximum Gasteiger partial charge on any atom is 0.401 e. The van der Waals surface area contributed by atoms with Crippen LogP contribution in [0.2, 0.25) is 0 Å². The van der Waals surface area contributed by atoms with Crippen molar-refractivity contribution in [1.29, 1.82) is 0 Å². The van der Waals surface area contributed by atoms with Crippen LogP contribution in [-0.4, -0.2) is 68.3 Å². The van der Waals surface area contributed by atoms with Crippen LogP contribution >= 0.6 is 0 Å². The summed E-state index contributed by atoms with van der Waals surface area (Å²) in [4.78, 5) is 4.42. The Balaban J connectivity index is 2.23. The molecule has 0 aliphatic carbocycles. The third-order valence-corrected chi connectivity index (χ3v) is 3.31. The first-order valence-electron chi connectivity index (χ1n) is 5.97. The lowest BCUT2D eigenvalue weighted by Gasteiger charge is -2.26. The molecular formula is C11H22F3N3. The summed E-state index contributed by atoms with van der Waals surface area (Å²) in [6.45, 7) is 3.38. The zero-order valence-corrected chi connectivity index (χ0v) is 10.7. The van der Waals surface area contributed by atoms with Crippen molar-refractivity contribution in [3.63, 3.8) is 0 Å². The SMILES string of the molecule is CC(CNCC(F)(F)F)N1CCC(N(C)C)C1. The van der Waals surface area contributed by atoms with Gasteiger partial charge in [0.05, 0.1) is 6.54 Å². The molecule has 2 atom stereocenters. The fraction of sp³-hybridized carbons (Fsp3) is 1.00. The number of alkyl halides is 3. The van der Waals surface area contributed by atoms with E-state index in [9.17, 15) is 13.2 Å². The van der Waals surface area contributed by atoms with E-state index in [0.717, 1.165) is 19.5 Å². The predicted molar refractivity (Wildman–Crippen MR) is 62.1 cm³/mol. The second-order valence-electron chi connectivity index (χ2n) is 5.00. The van der Waals surface area contributed by atoms with Crippen LogP contribution in [0.15, 0.2) is 0 Å². The Kier molecular flexibility index (Phi) is 5.22.